The minimum Gasteiger partial charge on any atom is -0.336 e. The van der Waals surface area contributed by atoms with Crippen LogP contribution < -0.4 is 10.2 Å². The summed E-state index contributed by atoms with van der Waals surface area (Å²) in [5, 5.41) is 3.48. The number of rotatable bonds is 3. The average Bonchev–Trinajstić information content (AvgIpc) is 2.70. The Hall–Kier alpha value is -2.92. The Morgan fingerprint density at radius 3 is 2.64 bits per heavy atom. The van der Waals surface area contributed by atoms with E-state index in [1.807, 2.05) is 32.0 Å². The number of amides is 1. The van der Waals surface area contributed by atoms with Gasteiger partial charge in [-0.2, -0.15) is 0 Å². The molecule has 2 aromatic carbocycles. The van der Waals surface area contributed by atoms with Crippen LogP contribution in [-0.4, -0.2) is 22.4 Å². The lowest BCUT2D eigenvalue weighted by molar-refractivity contribution is 0.102. The minimum absolute atomic E-state index is 0.274. The fourth-order valence-electron chi connectivity index (χ4n) is 3.34. The third-order valence-corrected chi connectivity index (χ3v) is 5.33. The van der Waals surface area contributed by atoms with Crippen LogP contribution in [0.5, 0.6) is 0 Å². The highest BCUT2D eigenvalue weighted by molar-refractivity contribution is 6.31. The van der Waals surface area contributed by atoms with Gasteiger partial charge in [-0.15, -0.1) is 0 Å². The maximum atomic E-state index is 12.7. The van der Waals surface area contributed by atoms with Crippen molar-refractivity contribution in [3.63, 3.8) is 0 Å². The maximum absolute atomic E-state index is 12.7. The molecule has 4 rings (SSSR count). The molecule has 1 aliphatic rings. The smallest absolute Gasteiger partial charge is 0.274 e. The number of anilines is 2. The van der Waals surface area contributed by atoms with Crippen molar-refractivity contribution in [1.29, 1.82) is 0 Å². The minimum atomic E-state index is -0.274. The van der Waals surface area contributed by atoms with E-state index in [1.54, 1.807) is 12.1 Å². The number of fused-ring (bicyclic) bond motifs is 1. The molecule has 0 spiro atoms. The molecule has 0 aliphatic carbocycles. The second-order valence-electron chi connectivity index (χ2n) is 7.05. The van der Waals surface area contributed by atoms with Gasteiger partial charge >= 0.3 is 0 Å². The molecule has 0 saturated heterocycles. The second-order valence-corrected chi connectivity index (χ2v) is 7.46. The summed E-state index contributed by atoms with van der Waals surface area (Å²) in [6.45, 7) is 5.37. The number of benzene rings is 2. The van der Waals surface area contributed by atoms with Crippen molar-refractivity contribution in [1.82, 2.24) is 9.97 Å². The number of halogens is 1. The number of aromatic nitrogens is 2. The normalized spacial score (nSPS) is 13.2. The van der Waals surface area contributed by atoms with E-state index in [1.165, 1.54) is 11.1 Å². The molecule has 2 heterocycles. The SMILES string of the molecule is Cc1cc(C(=O)Nc2ccc(C)c(Cl)c2)nc(N2CCc3ccccc3C2)n1. The van der Waals surface area contributed by atoms with Crippen molar-refractivity contribution >= 4 is 29.1 Å². The largest absolute Gasteiger partial charge is 0.336 e. The van der Waals surface area contributed by atoms with E-state index in [2.05, 4.69) is 38.4 Å². The Morgan fingerprint density at radius 1 is 1.07 bits per heavy atom. The van der Waals surface area contributed by atoms with Crippen LogP contribution in [0.4, 0.5) is 11.6 Å². The highest BCUT2D eigenvalue weighted by Gasteiger charge is 2.20. The Morgan fingerprint density at radius 2 is 1.86 bits per heavy atom. The standard InChI is InChI=1S/C22H21ClN4O/c1-14-7-8-18(12-19(14)23)25-21(28)20-11-15(2)24-22(26-20)27-10-9-16-5-3-4-6-17(16)13-27/h3-8,11-12H,9-10,13H2,1-2H3,(H,25,28). The van der Waals surface area contributed by atoms with Gasteiger partial charge in [0.05, 0.1) is 0 Å². The van der Waals surface area contributed by atoms with Crippen molar-refractivity contribution in [2.75, 3.05) is 16.8 Å². The number of hydrogen-bond donors (Lipinski definition) is 1. The maximum Gasteiger partial charge on any atom is 0.274 e. The summed E-state index contributed by atoms with van der Waals surface area (Å²) in [7, 11) is 0. The van der Waals surface area contributed by atoms with Gasteiger partial charge in [-0.1, -0.05) is 41.9 Å². The Labute approximate surface area is 169 Å². The average molecular weight is 393 g/mol. The predicted octanol–water partition coefficient (Wildman–Crippen LogP) is 4.56. The summed E-state index contributed by atoms with van der Waals surface area (Å²) in [6, 6.07) is 15.6. The first-order chi connectivity index (χ1) is 13.5. The van der Waals surface area contributed by atoms with Crippen LogP contribution in [0.25, 0.3) is 0 Å². The van der Waals surface area contributed by atoms with Crippen LogP contribution in [0.1, 0.15) is 32.9 Å². The number of nitrogens with one attached hydrogen (secondary N) is 1. The molecule has 0 unspecified atom stereocenters. The predicted molar refractivity (Wildman–Crippen MR) is 112 cm³/mol. The van der Waals surface area contributed by atoms with Crippen molar-refractivity contribution in [2.45, 2.75) is 26.8 Å². The van der Waals surface area contributed by atoms with Gasteiger partial charge in [0, 0.05) is 29.5 Å². The van der Waals surface area contributed by atoms with Crippen molar-refractivity contribution in [2.24, 2.45) is 0 Å². The topological polar surface area (TPSA) is 58.1 Å². The van der Waals surface area contributed by atoms with E-state index in [0.717, 1.165) is 30.8 Å². The molecule has 0 radical (unpaired) electrons. The molecule has 0 saturated carbocycles. The molecule has 5 nitrogen and oxygen atoms in total. The number of carbonyl (C=O) groups is 1. The summed E-state index contributed by atoms with van der Waals surface area (Å²) >= 11 is 6.15. The van der Waals surface area contributed by atoms with Crippen LogP contribution >= 0.6 is 11.6 Å². The molecule has 1 amide bonds. The first-order valence-electron chi connectivity index (χ1n) is 9.24. The van der Waals surface area contributed by atoms with Crippen molar-refractivity contribution < 1.29 is 4.79 Å². The zero-order chi connectivity index (χ0) is 19.7. The summed E-state index contributed by atoms with van der Waals surface area (Å²) in [5.74, 6) is 0.311. The molecule has 1 N–H and O–H groups in total. The Bertz CT molecular complexity index is 1050. The van der Waals surface area contributed by atoms with Crippen LogP contribution in [0, 0.1) is 13.8 Å². The van der Waals surface area contributed by atoms with Gasteiger partial charge in [-0.3, -0.25) is 4.79 Å². The van der Waals surface area contributed by atoms with Gasteiger partial charge in [0.15, 0.2) is 0 Å². The zero-order valence-corrected chi connectivity index (χ0v) is 16.6. The molecule has 28 heavy (non-hydrogen) atoms. The molecule has 0 fully saturated rings. The third-order valence-electron chi connectivity index (χ3n) is 4.92. The lowest BCUT2D eigenvalue weighted by Gasteiger charge is -2.29. The number of aryl methyl sites for hydroxylation is 2. The van der Waals surface area contributed by atoms with Gasteiger partial charge in [0.1, 0.15) is 5.69 Å². The zero-order valence-electron chi connectivity index (χ0n) is 15.9. The summed E-state index contributed by atoms with van der Waals surface area (Å²) in [4.78, 5) is 23.9. The van der Waals surface area contributed by atoms with Crippen molar-refractivity contribution in [3.8, 4) is 0 Å². The van der Waals surface area contributed by atoms with E-state index in [4.69, 9.17) is 11.6 Å². The first kappa shape index (κ1) is 18.4. The van der Waals surface area contributed by atoms with Crippen LogP contribution in [0.2, 0.25) is 5.02 Å². The third kappa shape index (κ3) is 3.85. The van der Waals surface area contributed by atoms with Crippen molar-refractivity contribution in [3.05, 3.63) is 81.6 Å². The van der Waals surface area contributed by atoms with Gasteiger partial charge in [0.2, 0.25) is 5.95 Å². The van der Waals surface area contributed by atoms with Gasteiger partial charge in [-0.05, 0) is 55.2 Å². The first-order valence-corrected chi connectivity index (χ1v) is 9.62. The summed E-state index contributed by atoms with van der Waals surface area (Å²) < 4.78 is 0. The molecule has 1 aliphatic heterocycles. The van der Waals surface area contributed by atoms with E-state index < -0.39 is 0 Å². The summed E-state index contributed by atoms with van der Waals surface area (Å²) in [6.07, 6.45) is 0.941. The monoisotopic (exact) mass is 392 g/mol. The lowest BCUT2D eigenvalue weighted by atomic mass is 10.0. The van der Waals surface area contributed by atoms with Gasteiger partial charge in [0.25, 0.3) is 5.91 Å². The second kappa shape index (κ2) is 7.60. The van der Waals surface area contributed by atoms with Crippen LogP contribution in [0.3, 0.4) is 0 Å². The highest BCUT2D eigenvalue weighted by Crippen LogP contribution is 2.23. The fourth-order valence-corrected chi connectivity index (χ4v) is 3.52. The summed E-state index contributed by atoms with van der Waals surface area (Å²) in [5.41, 5.74) is 5.35. The van der Waals surface area contributed by atoms with Gasteiger partial charge < -0.3 is 10.2 Å². The lowest BCUT2D eigenvalue weighted by Crippen LogP contribution is -2.32. The molecule has 142 valence electrons. The van der Waals surface area contributed by atoms with Crippen LogP contribution in [-0.2, 0) is 13.0 Å². The molecular formula is C22H21ClN4O. The molecule has 3 aromatic rings. The molecule has 0 bridgehead atoms. The molecular weight excluding hydrogens is 372 g/mol. The fraction of sp³-hybridized carbons (Fsp3) is 0.227. The quantitative estimate of drug-likeness (QED) is 0.709. The molecule has 6 heteroatoms. The van der Waals surface area contributed by atoms with E-state index >= 15 is 0 Å². The van der Waals surface area contributed by atoms with Gasteiger partial charge in [-0.25, -0.2) is 9.97 Å². The number of carbonyl (C=O) groups excluding carboxylic acids is 1. The Kier molecular flexibility index (Phi) is 5.01. The van der Waals surface area contributed by atoms with Crippen LogP contribution in [0.15, 0.2) is 48.5 Å². The molecule has 0 atom stereocenters. The van der Waals surface area contributed by atoms with E-state index in [9.17, 15) is 4.79 Å². The molecule has 1 aromatic heterocycles. The highest BCUT2D eigenvalue weighted by atomic mass is 35.5. The number of hydrogen-bond acceptors (Lipinski definition) is 4. The Balaban J connectivity index is 1.57. The van der Waals surface area contributed by atoms with E-state index in [0.29, 0.717) is 22.4 Å². The number of nitrogens with zero attached hydrogens (tertiary/aromatic N) is 3. The van der Waals surface area contributed by atoms with E-state index in [-0.39, 0.29) is 5.91 Å².